The maximum Gasteiger partial charge on any atom is 0.322 e. The molecule has 0 aliphatic heterocycles. The Morgan fingerprint density at radius 3 is 0.933 bits per heavy atom. The topological polar surface area (TPSA) is 178 Å². The first-order valence-corrected chi connectivity index (χ1v) is 50.6. The van der Waals surface area contributed by atoms with Crippen molar-refractivity contribution in [2.24, 2.45) is 0 Å². The maximum absolute atomic E-state index is 13.3. The molecule has 0 radical (unpaired) electrons. The zero-order valence-corrected chi connectivity index (χ0v) is 87.6. The number of fused-ring (bicyclic) bond motifs is 8. The second-order valence-electron chi connectivity index (χ2n) is 41.4. The lowest BCUT2D eigenvalue weighted by Gasteiger charge is -2.23. The highest BCUT2D eigenvalue weighted by atomic mass is 17.2. The van der Waals surface area contributed by atoms with Gasteiger partial charge in [-0.25, -0.2) is 29.7 Å². The van der Waals surface area contributed by atoms with Gasteiger partial charge in [0.15, 0.2) is 12.2 Å². The molecule has 0 saturated carbocycles. The van der Waals surface area contributed by atoms with Crippen molar-refractivity contribution in [2.75, 3.05) is 6.61 Å². The van der Waals surface area contributed by atoms with Crippen LogP contribution < -0.4 is 5.32 Å². The summed E-state index contributed by atoms with van der Waals surface area (Å²) in [5.41, 5.74) is 34.3. The predicted octanol–water partition coefficient (Wildman–Crippen LogP) is 32.8. The van der Waals surface area contributed by atoms with E-state index in [9.17, 15) is 19.2 Å². The number of aromatic nitrogens is 4. The van der Waals surface area contributed by atoms with Crippen LogP contribution >= 0.6 is 0 Å². The van der Waals surface area contributed by atoms with Gasteiger partial charge in [0.1, 0.15) is 18.6 Å². The van der Waals surface area contributed by atoms with Crippen molar-refractivity contribution in [3.05, 3.63) is 491 Å². The lowest BCUT2D eigenvalue weighted by Crippen LogP contribution is -2.19. The molecule has 0 aliphatic carbocycles. The van der Waals surface area contributed by atoms with Crippen LogP contribution in [-0.2, 0) is 66.0 Å². The molecular weight excluding hydrogens is 1840 g/mol. The Labute approximate surface area is 873 Å². The molecule has 0 aliphatic rings. The highest BCUT2D eigenvalue weighted by molar-refractivity contribution is 6.14. The highest BCUT2D eigenvalue weighted by Crippen LogP contribution is 2.46. The molecule has 744 valence electrons. The Hall–Kier alpha value is -16.8. The molecule has 16 aromatic carbocycles. The van der Waals surface area contributed by atoms with Gasteiger partial charge in [-0.15, -0.1) is 6.58 Å². The minimum Gasteiger partial charge on any atom is -0.453 e. The summed E-state index contributed by atoms with van der Waals surface area (Å²) in [4.78, 5) is 81.1. The van der Waals surface area contributed by atoms with E-state index < -0.39 is 30.2 Å². The molecule has 4 aromatic heterocycles. The van der Waals surface area contributed by atoms with Crippen LogP contribution in [0.1, 0.15) is 195 Å². The van der Waals surface area contributed by atoms with Crippen LogP contribution in [0.2, 0.25) is 0 Å². The molecule has 1 amide bonds. The zero-order chi connectivity index (χ0) is 105. The van der Waals surface area contributed by atoms with Crippen LogP contribution in [0, 0.1) is 34.6 Å². The SMILES string of the molecule is C=CC(=O)NCc1ccc(-c2c3cc(C)ccc3nc3ccc(C)cc23)cc1.C=CCOOC(c1ccccc1)c1ccc2nc3ccc(C(C(=O)OC=C)c4ccccc4)cc3c(-c3ccccc3)c2c1.CC(=O)OC(c1ccc(C(C)(C)C)cc1)c1ccc2nc3ccc(C(OC(C)=O)c4ccc(C(C)(C)C)cc4)cc3c(-c3ccc(C(C)(C)C)cc3)c2c1.Cc1ccc(-c2c3cc(C)ccc3nc3ccc(C)cc23)cc1. The number of carbonyl (C=O) groups excluding carboxylic acids is 4. The number of benzene rings is 16. The first-order valence-electron chi connectivity index (χ1n) is 50.6. The van der Waals surface area contributed by atoms with E-state index in [0.29, 0.717) is 6.54 Å². The van der Waals surface area contributed by atoms with E-state index >= 15 is 0 Å². The van der Waals surface area contributed by atoms with Crippen LogP contribution in [0.15, 0.2) is 396 Å². The van der Waals surface area contributed by atoms with Crippen molar-refractivity contribution in [2.45, 2.75) is 158 Å². The third-order valence-electron chi connectivity index (χ3n) is 27.1. The maximum atomic E-state index is 13.3. The molecule has 149 heavy (non-hydrogen) atoms. The number of rotatable bonds is 23. The second-order valence-corrected chi connectivity index (χ2v) is 41.4. The number of aryl methyl sites for hydroxylation is 5. The van der Waals surface area contributed by atoms with E-state index in [-0.39, 0.29) is 40.7 Å². The van der Waals surface area contributed by atoms with Crippen molar-refractivity contribution < 1.29 is 43.2 Å². The van der Waals surface area contributed by atoms with Gasteiger partial charge in [0.2, 0.25) is 5.91 Å². The van der Waals surface area contributed by atoms with Crippen molar-refractivity contribution in [3.63, 3.8) is 0 Å². The largest absolute Gasteiger partial charge is 0.453 e. The van der Waals surface area contributed by atoms with Gasteiger partial charge in [0, 0.05) is 85.7 Å². The van der Waals surface area contributed by atoms with Crippen LogP contribution in [0.4, 0.5) is 0 Å². The van der Waals surface area contributed by atoms with Crippen molar-refractivity contribution >= 4 is 111 Å². The molecule has 1 N–H and O–H groups in total. The summed E-state index contributed by atoms with van der Waals surface area (Å²) in [5.74, 6) is -1.91. The first kappa shape index (κ1) is 104. The molecule has 20 rings (SSSR count). The quantitative estimate of drug-likeness (QED) is 0.00737. The fraction of sp³-hybridized carbons (Fsp3) is 0.185. The van der Waals surface area contributed by atoms with Gasteiger partial charge in [-0.05, 0) is 243 Å². The van der Waals surface area contributed by atoms with Crippen LogP contribution in [-0.4, -0.2) is 50.4 Å². The monoisotopic (exact) mass is 1960 g/mol. The number of amides is 1. The molecule has 14 heteroatoms. The van der Waals surface area contributed by atoms with Crippen LogP contribution in [0.3, 0.4) is 0 Å². The molecular formula is C135H125N5O9. The summed E-state index contributed by atoms with van der Waals surface area (Å²) in [6.45, 7) is 44.8. The molecule has 20 aromatic rings. The lowest BCUT2D eigenvalue weighted by molar-refractivity contribution is -0.310. The Kier molecular flexibility index (Phi) is 31.3. The van der Waals surface area contributed by atoms with Crippen LogP contribution in [0.5, 0.6) is 0 Å². The summed E-state index contributed by atoms with van der Waals surface area (Å²) < 4.78 is 17.4. The fourth-order valence-corrected chi connectivity index (χ4v) is 19.4. The van der Waals surface area contributed by atoms with Gasteiger partial charge in [-0.2, -0.15) is 0 Å². The Morgan fingerprint density at radius 1 is 0.309 bits per heavy atom. The van der Waals surface area contributed by atoms with Crippen molar-refractivity contribution in [3.8, 4) is 44.5 Å². The third-order valence-corrected chi connectivity index (χ3v) is 27.1. The number of hydrogen-bond donors (Lipinski definition) is 1. The normalized spacial score (nSPS) is 12.3. The average Bonchev–Trinajstić information content (AvgIpc) is 0.751. The number of carbonyl (C=O) groups is 4. The number of hydrogen-bond acceptors (Lipinski definition) is 13. The summed E-state index contributed by atoms with van der Waals surface area (Å²) in [5, 5.41) is 11.3. The summed E-state index contributed by atoms with van der Waals surface area (Å²) in [7, 11) is 0. The number of pyridine rings is 4. The number of nitrogens with zero attached hydrogens (tertiary/aromatic N) is 4. The number of nitrogens with one attached hydrogen (secondary N) is 1. The zero-order valence-electron chi connectivity index (χ0n) is 87.6. The predicted molar refractivity (Wildman–Crippen MR) is 611 cm³/mol. The minimum absolute atomic E-state index is 0.00816. The molecule has 4 heterocycles. The Balaban J connectivity index is 0.000000142. The molecule has 0 bridgehead atoms. The summed E-state index contributed by atoms with van der Waals surface area (Å²) in [6.07, 6.45) is 2.43. The number of ether oxygens (including phenoxy) is 3. The molecule has 0 saturated heterocycles. The van der Waals surface area contributed by atoms with E-state index in [2.05, 4.69) is 353 Å². The van der Waals surface area contributed by atoms with Gasteiger partial charge < -0.3 is 19.5 Å². The van der Waals surface area contributed by atoms with Gasteiger partial charge in [-0.3, -0.25) is 19.2 Å². The summed E-state index contributed by atoms with van der Waals surface area (Å²) in [6, 6.07) is 123. The molecule has 4 unspecified atom stereocenters. The van der Waals surface area contributed by atoms with Gasteiger partial charge >= 0.3 is 17.9 Å². The lowest BCUT2D eigenvalue weighted by atomic mass is 9.85. The molecule has 14 nitrogen and oxygen atoms in total. The molecule has 0 spiro atoms. The van der Waals surface area contributed by atoms with E-state index in [1.54, 1.807) is 6.08 Å². The average molecular weight is 1960 g/mol. The van der Waals surface area contributed by atoms with Crippen LogP contribution in [0.25, 0.3) is 132 Å². The van der Waals surface area contributed by atoms with E-state index in [1.807, 2.05) is 127 Å². The number of esters is 3. The smallest absolute Gasteiger partial charge is 0.322 e. The second kappa shape index (κ2) is 45.1. The Morgan fingerprint density at radius 2 is 0.591 bits per heavy atom. The molecule has 4 atom stereocenters. The standard InChI is InChI=1S/C49H53NO4.C39H31NO4.C25H22N2O.C22H19N/c1-30(51)53-45(33-14-22-38(23-15-33)48(6,7)8)35-18-26-42-40(28-35)44(32-12-20-37(21-13-32)47(3,4)5)41-29-36(19-27-43(41)50-42)46(54-31(2)52)34-16-24-39(25-17-34)49(9,10)11;1-3-24-43-44-38(29-18-12-7-13-19-29)31-21-23-35-33(26-31)37(28-16-10-6-11-17-28)32-25-30(20-22-34(32)40-35)36(39(41)42-4-2)27-14-8-5-9-15-27;1-4-24(28)26-15-18-7-9-19(10-8-18)25-20-13-16(2)5-11-22(20)27-23-12-6-17(3)14-21(23)25;1-14-4-8-17(9-5-14)22-18-12-15(2)6-10-20(18)23-21-11-7-16(3)13-19(21)22/h12-29,45-46H,1-11H3;3-23,25-26,36,38H,1-2,24H2;4-14H,1,15H2,2-3H3,(H,26,28);4-13H,1-3H3. The minimum atomic E-state index is -0.637. The van der Waals surface area contributed by atoms with E-state index in [1.165, 1.54) is 98.2 Å². The first-order chi connectivity index (χ1) is 71.6. The Bertz CT molecular complexity index is 8140. The van der Waals surface area contributed by atoms with Gasteiger partial charge in [0.05, 0.1) is 50.4 Å². The van der Waals surface area contributed by atoms with Gasteiger partial charge in [-0.1, -0.05) is 370 Å². The fourth-order valence-electron chi connectivity index (χ4n) is 19.4. The van der Waals surface area contributed by atoms with E-state index in [0.717, 1.165) is 154 Å². The van der Waals surface area contributed by atoms with E-state index in [4.69, 9.17) is 43.9 Å². The highest BCUT2D eigenvalue weighted by Gasteiger charge is 2.30. The third kappa shape index (κ3) is 24.0. The molecule has 0 fully saturated rings. The van der Waals surface area contributed by atoms with Crippen molar-refractivity contribution in [1.82, 2.24) is 25.3 Å². The summed E-state index contributed by atoms with van der Waals surface area (Å²) >= 11 is 0. The van der Waals surface area contributed by atoms with Gasteiger partial charge in [0.25, 0.3) is 0 Å². The van der Waals surface area contributed by atoms with Crippen molar-refractivity contribution in [1.29, 1.82) is 0 Å².